The Kier molecular flexibility index (Phi) is 3.33. The molecule has 0 fully saturated rings. The molecule has 4 heteroatoms. The molecule has 0 aromatic carbocycles. The molecule has 16 heavy (non-hydrogen) atoms. The van der Waals surface area contributed by atoms with Gasteiger partial charge in [-0.3, -0.25) is 9.97 Å². The summed E-state index contributed by atoms with van der Waals surface area (Å²) in [6, 6.07) is 7.88. The van der Waals surface area contributed by atoms with E-state index in [9.17, 15) is 0 Å². The maximum Gasteiger partial charge on any atom is 0.0596 e. The van der Waals surface area contributed by atoms with Gasteiger partial charge in [-0.25, -0.2) is 0 Å². The van der Waals surface area contributed by atoms with Crippen molar-refractivity contribution in [3.63, 3.8) is 0 Å². The molecule has 2 rings (SSSR count). The summed E-state index contributed by atoms with van der Waals surface area (Å²) in [5, 5.41) is 6.31. The summed E-state index contributed by atoms with van der Waals surface area (Å²) in [5.74, 6) is 0. The van der Waals surface area contributed by atoms with Crippen LogP contribution in [0.1, 0.15) is 5.69 Å². The lowest BCUT2D eigenvalue weighted by Crippen LogP contribution is -2.01. The third kappa shape index (κ3) is 2.70. The van der Waals surface area contributed by atoms with Crippen LogP contribution < -0.4 is 10.6 Å². The van der Waals surface area contributed by atoms with Crippen LogP contribution in [0.4, 0.5) is 11.4 Å². The number of aromatic nitrogens is 2. The van der Waals surface area contributed by atoms with Crippen LogP contribution in [-0.2, 0) is 6.54 Å². The van der Waals surface area contributed by atoms with Crippen LogP contribution in [-0.4, -0.2) is 17.0 Å². The molecule has 0 saturated carbocycles. The van der Waals surface area contributed by atoms with Crippen molar-refractivity contribution in [3.05, 3.63) is 48.5 Å². The van der Waals surface area contributed by atoms with E-state index in [1.807, 2.05) is 37.5 Å². The van der Waals surface area contributed by atoms with E-state index in [0.29, 0.717) is 6.54 Å². The predicted octanol–water partition coefficient (Wildman–Crippen LogP) is 2.13. The van der Waals surface area contributed by atoms with Gasteiger partial charge in [-0.05, 0) is 24.3 Å². The summed E-state index contributed by atoms with van der Waals surface area (Å²) in [6.45, 7) is 0.716. The smallest absolute Gasteiger partial charge is 0.0596 e. The van der Waals surface area contributed by atoms with E-state index >= 15 is 0 Å². The minimum atomic E-state index is 0.716. The molecule has 0 aliphatic carbocycles. The Balaban J connectivity index is 1.94. The second kappa shape index (κ2) is 5.11. The lowest BCUT2D eigenvalue weighted by atomic mass is 10.3. The number of nitrogens with one attached hydrogen (secondary N) is 2. The van der Waals surface area contributed by atoms with Crippen LogP contribution in [0.3, 0.4) is 0 Å². The van der Waals surface area contributed by atoms with Crippen molar-refractivity contribution < 1.29 is 0 Å². The van der Waals surface area contributed by atoms with E-state index in [0.717, 1.165) is 17.1 Å². The van der Waals surface area contributed by atoms with Crippen LogP contribution in [0.2, 0.25) is 0 Å². The number of hydrogen-bond donors (Lipinski definition) is 2. The fraction of sp³-hybridized carbons (Fsp3) is 0.167. The summed E-state index contributed by atoms with van der Waals surface area (Å²) >= 11 is 0. The lowest BCUT2D eigenvalue weighted by molar-refractivity contribution is 1.04. The molecular weight excluding hydrogens is 200 g/mol. The zero-order chi connectivity index (χ0) is 11.2. The van der Waals surface area contributed by atoms with Crippen molar-refractivity contribution in [2.75, 3.05) is 17.7 Å². The largest absolute Gasteiger partial charge is 0.387 e. The van der Waals surface area contributed by atoms with Gasteiger partial charge in [-0.1, -0.05) is 0 Å². The average molecular weight is 214 g/mol. The fourth-order valence-corrected chi connectivity index (χ4v) is 1.34. The van der Waals surface area contributed by atoms with E-state index in [2.05, 4.69) is 20.6 Å². The fourth-order valence-electron chi connectivity index (χ4n) is 1.34. The highest BCUT2D eigenvalue weighted by molar-refractivity contribution is 5.43. The van der Waals surface area contributed by atoms with Gasteiger partial charge in [-0.15, -0.1) is 0 Å². The molecule has 0 spiro atoms. The predicted molar refractivity (Wildman–Crippen MR) is 65.3 cm³/mol. The normalized spacial score (nSPS) is 9.81. The highest BCUT2D eigenvalue weighted by Crippen LogP contribution is 2.08. The molecule has 4 nitrogen and oxygen atoms in total. The Hall–Kier alpha value is -2.10. The molecule has 0 amide bonds. The molecule has 2 aromatic rings. The number of anilines is 2. The molecule has 82 valence electrons. The monoisotopic (exact) mass is 214 g/mol. The SMILES string of the molecule is CNc1ccc(CNc2ccncc2)nc1. The minimum absolute atomic E-state index is 0.716. The van der Waals surface area contributed by atoms with Crippen LogP contribution in [0.15, 0.2) is 42.9 Å². The van der Waals surface area contributed by atoms with Gasteiger partial charge < -0.3 is 10.6 Å². The quantitative estimate of drug-likeness (QED) is 0.818. The molecule has 2 N–H and O–H groups in total. The average Bonchev–Trinajstić information content (AvgIpc) is 2.38. The van der Waals surface area contributed by atoms with Gasteiger partial charge in [0.2, 0.25) is 0 Å². The van der Waals surface area contributed by atoms with Gasteiger partial charge in [0.1, 0.15) is 0 Å². The Morgan fingerprint density at radius 2 is 1.88 bits per heavy atom. The standard InChI is InChI=1S/C12H14N4/c1-13-11-2-3-12(16-8-11)9-15-10-4-6-14-7-5-10/h2-8,13H,9H2,1H3,(H,14,15). The first-order valence-electron chi connectivity index (χ1n) is 5.15. The number of hydrogen-bond acceptors (Lipinski definition) is 4. The van der Waals surface area contributed by atoms with E-state index in [4.69, 9.17) is 0 Å². The van der Waals surface area contributed by atoms with Gasteiger partial charge in [0.05, 0.1) is 24.1 Å². The molecule has 0 radical (unpaired) electrons. The Bertz CT molecular complexity index is 425. The third-order valence-corrected chi connectivity index (χ3v) is 2.27. The molecule has 0 bridgehead atoms. The molecule has 0 aliphatic rings. The van der Waals surface area contributed by atoms with E-state index in [1.54, 1.807) is 12.4 Å². The molecule has 0 atom stereocenters. The van der Waals surface area contributed by atoms with Crippen molar-refractivity contribution >= 4 is 11.4 Å². The molecule has 2 heterocycles. The molecule has 0 saturated heterocycles. The van der Waals surface area contributed by atoms with E-state index in [-0.39, 0.29) is 0 Å². The minimum Gasteiger partial charge on any atom is -0.387 e. The number of rotatable bonds is 4. The summed E-state index contributed by atoms with van der Waals surface area (Å²) in [6.07, 6.45) is 5.35. The molecule has 2 aromatic heterocycles. The van der Waals surface area contributed by atoms with Crippen molar-refractivity contribution in [1.29, 1.82) is 0 Å². The van der Waals surface area contributed by atoms with Gasteiger partial charge in [0, 0.05) is 25.1 Å². The first-order valence-corrected chi connectivity index (χ1v) is 5.15. The van der Waals surface area contributed by atoms with Crippen molar-refractivity contribution in [2.24, 2.45) is 0 Å². The van der Waals surface area contributed by atoms with Crippen molar-refractivity contribution in [1.82, 2.24) is 9.97 Å². The number of nitrogens with zero attached hydrogens (tertiary/aromatic N) is 2. The second-order valence-corrected chi connectivity index (χ2v) is 3.38. The van der Waals surface area contributed by atoms with E-state index < -0.39 is 0 Å². The lowest BCUT2D eigenvalue weighted by Gasteiger charge is -2.06. The summed E-state index contributed by atoms with van der Waals surface area (Å²) in [4.78, 5) is 8.28. The van der Waals surface area contributed by atoms with E-state index in [1.165, 1.54) is 0 Å². The van der Waals surface area contributed by atoms with Crippen LogP contribution in [0.25, 0.3) is 0 Å². The Morgan fingerprint density at radius 1 is 1.06 bits per heavy atom. The van der Waals surface area contributed by atoms with Crippen molar-refractivity contribution in [2.45, 2.75) is 6.54 Å². The maximum atomic E-state index is 4.32. The Morgan fingerprint density at radius 3 is 2.50 bits per heavy atom. The zero-order valence-corrected chi connectivity index (χ0v) is 9.14. The second-order valence-electron chi connectivity index (χ2n) is 3.38. The maximum absolute atomic E-state index is 4.32. The summed E-state index contributed by atoms with van der Waals surface area (Å²) in [5.41, 5.74) is 3.08. The summed E-state index contributed by atoms with van der Waals surface area (Å²) < 4.78 is 0. The van der Waals surface area contributed by atoms with Crippen LogP contribution >= 0.6 is 0 Å². The topological polar surface area (TPSA) is 49.8 Å². The summed E-state index contributed by atoms with van der Waals surface area (Å²) in [7, 11) is 1.88. The van der Waals surface area contributed by atoms with Gasteiger partial charge in [0.15, 0.2) is 0 Å². The molecule has 0 aliphatic heterocycles. The highest BCUT2D eigenvalue weighted by Gasteiger charge is 1.95. The highest BCUT2D eigenvalue weighted by atomic mass is 14.9. The first-order chi connectivity index (χ1) is 7.88. The van der Waals surface area contributed by atoms with Crippen LogP contribution in [0.5, 0.6) is 0 Å². The molecule has 0 unspecified atom stereocenters. The first kappa shape index (κ1) is 10.4. The van der Waals surface area contributed by atoms with Crippen molar-refractivity contribution in [3.8, 4) is 0 Å². The Labute approximate surface area is 94.8 Å². The van der Waals surface area contributed by atoms with Gasteiger partial charge >= 0.3 is 0 Å². The van der Waals surface area contributed by atoms with Gasteiger partial charge in [0.25, 0.3) is 0 Å². The number of pyridine rings is 2. The van der Waals surface area contributed by atoms with Gasteiger partial charge in [-0.2, -0.15) is 0 Å². The zero-order valence-electron chi connectivity index (χ0n) is 9.14. The van der Waals surface area contributed by atoms with Crippen LogP contribution in [0, 0.1) is 0 Å². The third-order valence-electron chi connectivity index (χ3n) is 2.27. The molecular formula is C12H14N4.